The Morgan fingerprint density at radius 3 is 0.621 bits per heavy atom. The molecule has 0 aromatic rings. The van der Waals surface area contributed by atoms with Crippen LogP contribution in [0.15, 0.2) is 22.3 Å². The summed E-state index contributed by atoms with van der Waals surface area (Å²) in [7, 11) is 4.00. The minimum absolute atomic E-state index is 0. The van der Waals surface area contributed by atoms with Crippen molar-refractivity contribution in [2.75, 3.05) is 133 Å². The summed E-state index contributed by atoms with van der Waals surface area (Å²) < 4.78 is 0. The molecule has 0 atom stereocenters. The van der Waals surface area contributed by atoms with Crippen molar-refractivity contribution in [1.82, 2.24) is 42.5 Å². The molecule has 0 radical (unpaired) electrons. The molecule has 0 aromatic heterocycles. The molecule has 346 valence electrons. The van der Waals surface area contributed by atoms with E-state index in [0.29, 0.717) is 11.1 Å². The average Bonchev–Trinajstić information content (AvgIpc) is 3.18. The van der Waals surface area contributed by atoms with Gasteiger partial charge >= 0.3 is 33.6 Å². The van der Waals surface area contributed by atoms with E-state index in [1.807, 2.05) is 27.7 Å². The molecule has 2 fully saturated rings. The summed E-state index contributed by atoms with van der Waals surface area (Å²) in [6.45, 7) is 25.2. The quantitative estimate of drug-likeness (QED) is 0.0818. The first-order valence-corrected chi connectivity index (χ1v) is 18.2. The Labute approximate surface area is 400 Å². The number of aliphatic hydroxyl groups excluding tert-OH is 4. The Bertz CT molecular complexity index is 838. The zero-order valence-electron chi connectivity index (χ0n) is 36.1. The zero-order valence-corrected chi connectivity index (χ0v) is 41.2. The summed E-state index contributed by atoms with van der Waals surface area (Å²) in [5.41, 5.74) is 2.97. The predicted octanol–water partition coefficient (Wildman–Crippen LogP) is -12.4. The normalized spacial score (nSPS) is 13.9. The van der Waals surface area contributed by atoms with E-state index in [4.69, 9.17) is 33.3 Å². The number of halogens is 4. The van der Waals surface area contributed by atoms with Gasteiger partial charge in [-0.2, -0.15) is 0 Å². The molecule has 0 saturated carbocycles. The number of aliphatic hydroxyl groups is 4. The molecule has 0 unspecified atom stereocenters. The first-order valence-electron chi connectivity index (χ1n) is 18.2. The van der Waals surface area contributed by atoms with E-state index in [9.17, 15) is 0 Å². The second-order valence-corrected chi connectivity index (χ2v) is 10.9. The van der Waals surface area contributed by atoms with Gasteiger partial charge in [-0.15, -0.1) is 23.0 Å². The Morgan fingerprint density at radius 2 is 0.500 bits per heavy atom. The van der Waals surface area contributed by atoms with Gasteiger partial charge in [0.1, 0.15) is 0 Å². The molecule has 12 N–H and O–H groups in total. The van der Waals surface area contributed by atoms with Crippen molar-refractivity contribution in [2.24, 2.45) is 0 Å². The van der Waals surface area contributed by atoms with Gasteiger partial charge in [0.15, 0.2) is 0 Å². The molecule has 2 aliphatic heterocycles. The van der Waals surface area contributed by atoms with Gasteiger partial charge < -0.3 is 125 Å². The summed E-state index contributed by atoms with van der Waals surface area (Å²) in [4.78, 5) is 0. The maximum Gasteiger partial charge on any atom is 3.00 e. The van der Waals surface area contributed by atoms with Gasteiger partial charge in [-0.05, 0) is 89.9 Å². The molecule has 2 aliphatic rings. The summed E-state index contributed by atoms with van der Waals surface area (Å²) in [5.74, 6) is 15.2. The topological polar surface area (TPSA) is 177 Å². The fraction of sp³-hybridized carbons (Fsp3) is 0.700. The van der Waals surface area contributed by atoms with Crippen molar-refractivity contribution in [3.8, 4) is 35.5 Å². The van der Waals surface area contributed by atoms with Gasteiger partial charge in [0, 0.05) is 80.8 Å². The maximum absolute atomic E-state index is 7.00. The fourth-order valence-corrected chi connectivity index (χ4v) is 3.81. The molecule has 0 aliphatic carbocycles. The maximum atomic E-state index is 7.00. The number of allylic oxidation sites excluding steroid dienone is 4. The third-order valence-corrected chi connectivity index (χ3v) is 6.43. The second kappa shape index (κ2) is 84.0. The zero-order chi connectivity index (χ0) is 40.4. The molecule has 58 heavy (non-hydrogen) atoms. The Hall–Kier alpha value is -0.587. The van der Waals surface area contributed by atoms with E-state index in [2.05, 4.69) is 78.1 Å². The van der Waals surface area contributed by atoms with E-state index in [1.165, 1.54) is 25.7 Å². The molecule has 2 rings (SSSR count). The number of hydrogen-bond acceptors (Lipinski definition) is 12. The van der Waals surface area contributed by atoms with E-state index >= 15 is 0 Å². The van der Waals surface area contributed by atoms with E-state index in [-0.39, 0.29) is 83.2 Å². The fourth-order valence-electron chi connectivity index (χ4n) is 3.81. The van der Waals surface area contributed by atoms with E-state index < -0.39 is 0 Å². The number of hydrogen-bond donors (Lipinski definition) is 12. The number of nitrogens with one attached hydrogen (secondary N) is 8. The second-order valence-electron chi connectivity index (χ2n) is 10.9. The van der Waals surface area contributed by atoms with Crippen molar-refractivity contribution >= 4 is 0 Å². The summed E-state index contributed by atoms with van der Waals surface area (Å²) in [5, 5.41) is 55.4. The minimum atomic E-state index is 0. The monoisotopic (exact) mass is 990 g/mol. The van der Waals surface area contributed by atoms with Crippen molar-refractivity contribution in [3.05, 3.63) is 35.1 Å². The van der Waals surface area contributed by atoms with Gasteiger partial charge in [-0.25, -0.2) is 0 Å². The van der Waals surface area contributed by atoms with Crippen molar-refractivity contribution in [3.63, 3.8) is 0 Å². The van der Waals surface area contributed by atoms with Crippen molar-refractivity contribution in [2.45, 2.75) is 53.4 Å². The molecular weight excluding hydrogens is 916 g/mol. The Balaban J connectivity index is -0.0000000556. The van der Waals surface area contributed by atoms with Crippen LogP contribution in [0.25, 0.3) is 0 Å². The molecule has 18 heteroatoms. The van der Waals surface area contributed by atoms with Crippen molar-refractivity contribution in [1.29, 1.82) is 0 Å². The van der Waals surface area contributed by atoms with Crippen LogP contribution in [0.4, 0.5) is 0 Å². The van der Waals surface area contributed by atoms with Crippen molar-refractivity contribution < 1.29 is 104 Å². The van der Waals surface area contributed by atoms with Crippen LogP contribution < -0.4 is 92.2 Å². The van der Waals surface area contributed by atoms with E-state index in [1.54, 1.807) is 0 Å². The third-order valence-electron chi connectivity index (χ3n) is 6.43. The van der Waals surface area contributed by atoms with Crippen LogP contribution in [0.1, 0.15) is 53.4 Å². The molecule has 2 heterocycles. The average molecular weight is 993 g/mol. The smallest absolute Gasteiger partial charge is 1.00 e. The van der Waals surface area contributed by atoms with Crippen LogP contribution in [0.5, 0.6) is 0 Å². The van der Waals surface area contributed by atoms with Gasteiger partial charge in [0.05, 0.1) is 0 Å². The molecule has 0 aromatic carbocycles. The van der Waals surface area contributed by atoms with Crippen LogP contribution in [0.3, 0.4) is 0 Å². The molecule has 0 amide bonds. The predicted molar refractivity (Wildman–Crippen MR) is 221 cm³/mol. The Morgan fingerprint density at radius 1 is 0.345 bits per heavy atom. The first kappa shape index (κ1) is 84.8. The van der Waals surface area contributed by atoms with Crippen LogP contribution >= 0.6 is 0 Å². The summed E-state index contributed by atoms with van der Waals surface area (Å²) >= 11 is 0. The Kier molecular flexibility index (Phi) is 123. The summed E-state index contributed by atoms with van der Waals surface area (Å²) in [6, 6.07) is 0. The van der Waals surface area contributed by atoms with Gasteiger partial charge in [0.25, 0.3) is 0 Å². The molecule has 0 spiro atoms. The standard InChI is InChI=1S/C16H12.2C10H24N4.4CH4O.4ClH.2Co/c1-7-15(13(3)4)11-9-10-12-16(8-2)14(5)6;2*1-3-11-7-9-13-5-2-6-14-10-8-12-4-1;4*1-2;;;;;;/h3-6H3;2*11-14H,1-10H2;4*2H,1H3;4*1H;;/q-2;;;;;;;;;;;2*+3/p-4. The van der Waals surface area contributed by atoms with Crippen LogP contribution in [0, 0.1) is 48.4 Å². The van der Waals surface area contributed by atoms with E-state index in [0.717, 1.165) is 144 Å². The molecular formula is C40H76Cl4Co2N8O4. The molecule has 0 bridgehead atoms. The summed E-state index contributed by atoms with van der Waals surface area (Å²) in [6.07, 6.45) is 18.9. The van der Waals surface area contributed by atoms with Gasteiger partial charge in [-0.3, -0.25) is 11.8 Å². The van der Waals surface area contributed by atoms with Crippen LogP contribution in [-0.4, -0.2) is 154 Å². The SMILES string of the molecule is C1CNCCNCCCNCCNC1.C1CNCCNCCCNCCNC1.CO.CO.CO.CO.[C-]#CC(C#CC#CC(C#[C-])=C(C)C)=C(C)C.[Cl-].[Cl-].[Cl-].[Cl-].[Co+3].[Co+3]. The van der Waals surface area contributed by atoms with Gasteiger partial charge in [-0.1, -0.05) is 38.8 Å². The number of rotatable bonds is 0. The molecule has 2 saturated heterocycles. The molecule has 12 nitrogen and oxygen atoms in total. The first-order chi connectivity index (χ1) is 25.5. The van der Waals surface area contributed by atoms with Crippen LogP contribution in [0.2, 0.25) is 0 Å². The third kappa shape index (κ3) is 76.2. The largest absolute Gasteiger partial charge is 3.00 e. The minimum Gasteiger partial charge on any atom is -1.00 e. The van der Waals surface area contributed by atoms with Gasteiger partial charge in [0.2, 0.25) is 0 Å². The van der Waals surface area contributed by atoms with Crippen LogP contribution in [-0.2, 0) is 33.6 Å².